The quantitative estimate of drug-likeness (QED) is 0.148. The molecule has 0 spiro atoms. The standard InChI is InChI=1S/C33H19BN2O2S.C33H19BN2OS2.C32H18BN3OS2/c1-2-8-20(9-3-1)34-32-30(22-10-4-6-12-26(22)38-32)36(31-23-11-5-7-13-29(23)39-33(31)34)21-14-15-27-24(18-21)25-19-35-17-16-28(25)37-27;1-2-10-20(11-3-1)34-31-28(23-13-4-7-15-25(23)37-31)36(29-24-14-6-9-17-27(24)39-32(29)34)33-30-22(18-19-35-33)21-12-5-8-16-26(21)38-30;1-2-10-19(11-3-1)33-30-27(20-12-4-7-15-23(20)37-30)36(28-22-14-6-9-17-25(22)39-31(28)33)32-29-26(34-18-35-32)21-13-5-8-16-24(21)38-29/h2*1-19H;1-18H. The predicted molar refractivity (Wildman–Crippen MR) is 496 cm³/mol. The zero-order chi connectivity index (χ0) is 76.5. The normalized spacial score (nSPS) is 13.0. The molecule has 19 heteroatoms. The Labute approximate surface area is 688 Å². The molecule has 546 valence electrons. The first-order chi connectivity index (χ1) is 58.1. The SMILES string of the molecule is c1ccc(B2c3oc4ccccc4c3N(c3ccc4oc5ccncc5c4c3)c3c2sc2ccccc32)cc1.c1ccc(B2c3oc4ccccc4c3N(c3nccc4c3sc3ccccc34)c3c2sc2ccccc32)cc1.c1ccc(B2c3oc4ccccc4c3N(c3ncnc4c3sc3ccccc34)c3c2sc2ccccc32)cc1. The van der Waals surface area contributed by atoms with Crippen LogP contribution in [-0.4, -0.2) is 40.1 Å². The van der Waals surface area contributed by atoms with E-state index in [4.69, 9.17) is 32.6 Å². The Morgan fingerprint density at radius 3 is 1.15 bits per heavy atom. The number of para-hydroxylation sites is 3. The molecule has 24 aromatic rings. The number of anilines is 9. The molecule has 0 aliphatic carbocycles. The van der Waals surface area contributed by atoms with E-state index in [1.54, 1.807) is 23.9 Å². The van der Waals surface area contributed by atoms with Crippen molar-refractivity contribution in [1.82, 2.24) is 19.9 Å². The largest absolute Gasteiger partial charge is 0.468 e. The van der Waals surface area contributed by atoms with Crippen LogP contribution in [0, 0.1) is 0 Å². The minimum atomic E-state index is -0.0167. The molecule has 117 heavy (non-hydrogen) atoms. The number of thiophene rings is 5. The van der Waals surface area contributed by atoms with E-state index in [0.29, 0.717) is 0 Å². The van der Waals surface area contributed by atoms with E-state index in [9.17, 15) is 0 Å². The Morgan fingerprint density at radius 1 is 0.256 bits per heavy atom. The highest BCUT2D eigenvalue weighted by molar-refractivity contribution is 7.35. The lowest BCUT2D eigenvalue weighted by atomic mass is 9.40. The van der Waals surface area contributed by atoms with Gasteiger partial charge in [0.2, 0.25) is 0 Å². The van der Waals surface area contributed by atoms with Crippen LogP contribution in [0.25, 0.3) is 126 Å². The fraction of sp³-hybridized carbons (Fsp3) is 0. The maximum atomic E-state index is 6.77. The van der Waals surface area contributed by atoms with E-state index < -0.39 is 0 Å². The van der Waals surface area contributed by atoms with Crippen molar-refractivity contribution in [3.63, 3.8) is 0 Å². The van der Waals surface area contributed by atoms with Gasteiger partial charge in [-0.2, -0.15) is 0 Å². The van der Waals surface area contributed by atoms with Gasteiger partial charge in [-0.1, -0.05) is 235 Å². The highest BCUT2D eigenvalue weighted by Gasteiger charge is 2.47. The number of hydrogen-bond donors (Lipinski definition) is 0. The van der Waals surface area contributed by atoms with Crippen LogP contribution in [0.15, 0.2) is 358 Å². The molecule has 0 saturated heterocycles. The molecule has 0 fully saturated rings. The van der Waals surface area contributed by atoms with Crippen LogP contribution >= 0.6 is 56.7 Å². The summed E-state index contributed by atoms with van der Waals surface area (Å²) >= 11 is 9.12. The number of aromatic nitrogens is 4. The summed E-state index contributed by atoms with van der Waals surface area (Å²) in [5.41, 5.74) is 19.9. The predicted octanol–water partition coefficient (Wildman–Crippen LogP) is 22.1. The van der Waals surface area contributed by atoms with Crippen LogP contribution in [0.3, 0.4) is 0 Å². The second kappa shape index (κ2) is 26.5. The molecule has 0 atom stereocenters. The van der Waals surface area contributed by atoms with Crippen molar-refractivity contribution in [3.8, 4) is 0 Å². The van der Waals surface area contributed by atoms with Gasteiger partial charge in [-0.3, -0.25) is 14.8 Å². The van der Waals surface area contributed by atoms with E-state index in [2.05, 4.69) is 317 Å². The lowest BCUT2D eigenvalue weighted by Gasteiger charge is -2.32. The van der Waals surface area contributed by atoms with Crippen LogP contribution in [-0.2, 0) is 0 Å². The number of benzene rings is 12. The second-order valence-electron chi connectivity index (χ2n) is 29.6. The van der Waals surface area contributed by atoms with E-state index >= 15 is 0 Å². The third-order valence-electron chi connectivity index (χ3n) is 23.2. The van der Waals surface area contributed by atoms with Crippen molar-refractivity contribution in [3.05, 3.63) is 340 Å². The third-order valence-corrected chi connectivity index (χ3v) is 29.2. The lowest BCUT2D eigenvalue weighted by Crippen LogP contribution is -2.55. The van der Waals surface area contributed by atoms with Crippen molar-refractivity contribution in [2.24, 2.45) is 0 Å². The molecule has 12 aromatic carbocycles. The molecule has 0 amide bonds. The van der Waals surface area contributed by atoms with Gasteiger partial charge in [-0.25, -0.2) is 15.0 Å². The smallest absolute Gasteiger partial charge is 0.305 e. The molecule has 0 unspecified atom stereocenters. The highest BCUT2D eigenvalue weighted by Crippen LogP contribution is 2.53. The van der Waals surface area contributed by atoms with Gasteiger partial charge >= 0.3 is 20.1 Å². The van der Waals surface area contributed by atoms with Crippen molar-refractivity contribution in [2.75, 3.05) is 14.7 Å². The van der Waals surface area contributed by atoms with Crippen molar-refractivity contribution < 1.29 is 17.7 Å². The third kappa shape index (κ3) is 10.2. The van der Waals surface area contributed by atoms with Crippen LogP contribution in [0.4, 0.5) is 51.4 Å². The molecule has 0 saturated carbocycles. The summed E-state index contributed by atoms with van der Waals surface area (Å²) < 4.78 is 38.8. The van der Waals surface area contributed by atoms with Crippen LogP contribution in [0.2, 0.25) is 0 Å². The van der Waals surface area contributed by atoms with Crippen LogP contribution < -0.4 is 62.4 Å². The number of nitrogens with zero attached hydrogens (tertiary/aromatic N) is 7. The Kier molecular flexibility index (Phi) is 15.1. The molecule has 27 rings (SSSR count). The molecule has 3 aliphatic heterocycles. The number of furan rings is 4. The fourth-order valence-electron chi connectivity index (χ4n) is 18.3. The van der Waals surface area contributed by atoms with Gasteiger partial charge < -0.3 is 22.6 Å². The summed E-state index contributed by atoms with van der Waals surface area (Å²) in [6.45, 7) is -0.0178. The molecular weight excluding hydrogens is 1530 g/mol. The highest BCUT2D eigenvalue weighted by atomic mass is 32.1. The number of hydrogen-bond acceptors (Lipinski definition) is 16. The summed E-state index contributed by atoms with van der Waals surface area (Å²) in [7, 11) is 0. The van der Waals surface area contributed by atoms with Gasteiger partial charge in [0, 0.05) is 121 Å². The van der Waals surface area contributed by atoms with Gasteiger partial charge in [0.25, 0.3) is 0 Å². The first kappa shape index (κ1) is 66.8. The van der Waals surface area contributed by atoms with Crippen molar-refractivity contribution >= 4 is 302 Å². The van der Waals surface area contributed by atoms with Crippen molar-refractivity contribution in [2.45, 2.75) is 0 Å². The van der Waals surface area contributed by atoms with Gasteiger partial charge in [-0.05, 0) is 97.1 Å². The molecule has 15 heterocycles. The Hall–Kier alpha value is -13.6. The topological polar surface area (TPSA) is 114 Å². The minimum Gasteiger partial charge on any atom is -0.468 e. The molecule has 3 aliphatic rings. The van der Waals surface area contributed by atoms with Gasteiger partial charge in [-0.15, -0.1) is 56.7 Å². The van der Waals surface area contributed by atoms with E-state index in [-0.39, 0.29) is 20.1 Å². The average Bonchev–Trinajstić information content (AvgIpc) is 1.58. The zero-order valence-electron chi connectivity index (χ0n) is 61.9. The second-order valence-corrected chi connectivity index (χ2v) is 35.0. The minimum absolute atomic E-state index is 0.0000588. The summed E-state index contributed by atoms with van der Waals surface area (Å²) in [5.74, 6) is 1.85. The lowest BCUT2D eigenvalue weighted by molar-refractivity contribution is 0.651. The monoisotopic (exact) mass is 1590 g/mol. The van der Waals surface area contributed by atoms with Gasteiger partial charge in [0.1, 0.15) is 51.2 Å². The van der Waals surface area contributed by atoms with Crippen LogP contribution in [0.1, 0.15) is 0 Å². The zero-order valence-corrected chi connectivity index (χ0v) is 66.0. The first-order valence-electron chi connectivity index (χ1n) is 38.9. The molecule has 0 radical (unpaired) electrons. The summed E-state index contributed by atoms with van der Waals surface area (Å²) in [5, 5.41) is 12.7. The maximum Gasteiger partial charge on any atom is 0.305 e. The maximum absolute atomic E-state index is 6.77. The van der Waals surface area contributed by atoms with Crippen LogP contribution in [0.5, 0.6) is 0 Å². The molecular formula is C98H56B3N7O4S5. The number of pyridine rings is 2. The van der Waals surface area contributed by atoms with Crippen molar-refractivity contribution in [1.29, 1.82) is 0 Å². The summed E-state index contributed by atoms with van der Waals surface area (Å²) in [6.07, 6.45) is 7.32. The number of rotatable bonds is 6. The Bertz CT molecular complexity index is 7570. The molecule has 0 bridgehead atoms. The fourth-order valence-corrected chi connectivity index (χ4v) is 24.6. The van der Waals surface area contributed by atoms with E-state index in [1.807, 2.05) is 75.9 Å². The van der Waals surface area contributed by atoms with Gasteiger partial charge in [0.15, 0.2) is 11.6 Å². The number of fused-ring (bicyclic) bond motifs is 27. The summed E-state index contributed by atoms with van der Waals surface area (Å²) in [4.78, 5) is 26.4. The van der Waals surface area contributed by atoms with E-state index in [1.165, 1.54) is 103 Å². The first-order valence-corrected chi connectivity index (χ1v) is 43.0. The van der Waals surface area contributed by atoms with E-state index in [0.717, 1.165) is 122 Å². The summed E-state index contributed by atoms with van der Waals surface area (Å²) in [6, 6.07) is 111. The Balaban J connectivity index is 0.0000000980. The molecule has 0 N–H and O–H groups in total. The molecule has 12 aromatic heterocycles. The van der Waals surface area contributed by atoms with Gasteiger partial charge in [0.05, 0.1) is 49.0 Å². The average molecular weight is 1590 g/mol. The molecule has 11 nitrogen and oxygen atoms in total. The Morgan fingerprint density at radius 2 is 0.641 bits per heavy atom.